The van der Waals surface area contributed by atoms with E-state index in [0.717, 1.165) is 5.56 Å². The first kappa shape index (κ1) is 23.1. The van der Waals surface area contributed by atoms with Crippen LogP contribution in [0.3, 0.4) is 0 Å². The summed E-state index contributed by atoms with van der Waals surface area (Å²) < 4.78 is 21.9. The summed E-state index contributed by atoms with van der Waals surface area (Å²) in [6, 6.07) is 13.1. The number of carbonyl (C=O) groups is 1. The average Bonchev–Trinajstić information content (AvgIpc) is 3.26. The van der Waals surface area contributed by atoms with E-state index >= 15 is 0 Å². The van der Waals surface area contributed by atoms with E-state index in [2.05, 4.69) is 24.0 Å². The van der Waals surface area contributed by atoms with Crippen LogP contribution in [-0.2, 0) is 11.3 Å². The van der Waals surface area contributed by atoms with E-state index < -0.39 is 6.10 Å². The van der Waals surface area contributed by atoms with Gasteiger partial charge in [-0.2, -0.15) is 4.98 Å². The minimum atomic E-state index is -0.663. The SMILES string of the molecule is COc1ccc(-c2noc(CN(C)C(=O)C(C)Oc3ccccc3C(C)C)n2)c(OC)c1. The Morgan fingerprint density at radius 2 is 1.81 bits per heavy atom. The van der Waals surface area contributed by atoms with E-state index in [-0.39, 0.29) is 18.4 Å². The van der Waals surface area contributed by atoms with Crippen LogP contribution in [0.1, 0.15) is 38.1 Å². The molecule has 1 heterocycles. The Hall–Kier alpha value is -3.55. The van der Waals surface area contributed by atoms with Gasteiger partial charge in [-0.15, -0.1) is 0 Å². The molecule has 0 aliphatic rings. The molecule has 0 bridgehead atoms. The van der Waals surface area contributed by atoms with Gasteiger partial charge < -0.3 is 23.6 Å². The summed E-state index contributed by atoms with van der Waals surface area (Å²) in [5.41, 5.74) is 1.73. The van der Waals surface area contributed by atoms with Crippen LogP contribution in [0.5, 0.6) is 17.2 Å². The topological polar surface area (TPSA) is 86.9 Å². The van der Waals surface area contributed by atoms with E-state index in [9.17, 15) is 4.79 Å². The number of amides is 1. The van der Waals surface area contributed by atoms with Crippen LogP contribution < -0.4 is 14.2 Å². The Labute approximate surface area is 188 Å². The first-order valence-corrected chi connectivity index (χ1v) is 10.4. The number of carbonyl (C=O) groups excluding carboxylic acids is 1. The van der Waals surface area contributed by atoms with Crippen molar-refractivity contribution in [1.82, 2.24) is 15.0 Å². The lowest BCUT2D eigenvalue weighted by atomic mass is 10.0. The maximum atomic E-state index is 12.9. The van der Waals surface area contributed by atoms with Crippen molar-refractivity contribution in [1.29, 1.82) is 0 Å². The molecule has 2 aromatic carbocycles. The minimum absolute atomic E-state index is 0.157. The van der Waals surface area contributed by atoms with Crippen LogP contribution in [0.15, 0.2) is 47.0 Å². The Morgan fingerprint density at radius 3 is 2.50 bits per heavy atom. The molecule has 0 aliphatic heterocycles. The largest absolute Gasteiger partial charge is 0.497 e. The lowest BCUT2D eigenvalue weighted by Gasteiger charge is -2.22. The van der Waals surface area contributed by atoms with Crippen LogP contribution in [-0.4, -0.2) is 48.3 Å². The fourth-order valence-electron chi connectivity index (χ4n) is 3.31. The quantitative estimate of drug-likeness (QED) is 0.491. The van der Waals surface area contributed by atoms with Crippen molar-refractivity contribution in [3.63, 3.8) is 0 Å². The number of para-hydroxylation sites is 1. The summed E-state index contributed by atoms with van der Waals surface area (Å²) in [5, 5.41) is 4.03. The number of benzene rings is 2. The molecule has 3 aromatic rings. The third-order valence-corrected chi connectivity index (χ3v) is 5.06. The molecule has 0 saturated heterocycles. The minimum Gasteiger partial charge on any atom is -0.497 e. The van der Waals surface area contributed by atoms with Crippen LogP contribution in [0.2, 0.25) is 0 Å². The highest BCUT2D eigenvalue weighted by Crippen LogP contribution is 2.31. The van der Waals surface area contributed by atoms with Crippen molar-refractivity contribution < 1.29 is 23.5 Å². The summed E-state index contributed by atoms with van der Waals surface area (Å²) >= 11 is 0. The van der Waals surface area contributed by atoms with Crippen molar-refractivity contribution in [3.05, 3.63) is 53.9 Å². The molecule has 3 rings (SSSR count). The van der Waals surface area contributed by atoms with Crippen molar-refractivity contribution in [3.8, 4) is 28.6 Å². The third kappa shape index (κ3) is 5.19. The van der Waals surface area contributed by atoms with Gasteiger partial charge in [-0.3, -0.25) is 4.79 Å². The molecule has 0 spiro atoms. The second kappa shape index (κ2) is 10.2. The zero-order valence-electron chi connectivity index (χ0n) is 19.3. The number of rotatable bonds is 9. The number of methoxy groups -OCH3 is 2. The van der Waals surface area contributed by atoms with Gasteiger partial charge in [-0.05, 0) is 36.6 Å². The molecule has 0 N–H and O–H groups in total. The van der Waals surface area contributed by atoms with Crippen molar-refractivity contribution in [2.75, 3.05) is 21.3 Å². The highest BCUT2D eigenvalue weighted by Gasteiger charge is 2.23. The molecule has 8 nitrogen and oxygen atoms in total. The second-order valence-electron chi connectivity index (χ2n) is 7.72. The number of aromatic nitrogens is 2. The Balaban J connectivity index is 1.68. The summed E-state index contributed by atoms with van der Waals surface area (Å²) in [6.07, 6.45) is -0.663. The average molecular weight is 440 g/mol. The first-order valence-electron chi connectivity index (χ1n) is 10.4. The number of nitrogens with zero attached hydrogens (tertiary/aromatic N) is 3. The summed E-state index contributed by atoms with van der Waals surface area (Å²) in [7, 11) is 4.82. The normalized spacial score (nSPS) is 11.8. The van der Waals surface area contributed by atoms with E-state index in [1.54, 1.807) is 46.4 Å². The number of hydrogen-bond acceptors (Lipinski definition) is 7. The molecule has 1 amide bonds. The van der Waals surface area contributed by atoms with Crippen LogP contribution in [0.25, 0.3) is 11.4 Å². The molecule has 0 saturated carbocycles. The Morgan fingerprint density at radius 1 is 1.06 bits per heavy atom. The van der Waals surface area contributed by atoms with Gasteiger partial charge >= 0.3 is 0 Å². The van der Waals surface area contributed by atoms with E-state index in [1.807, 2.05) is 24.3 Å². The van der Waals surface area contributed by atoms with Crippen molar-refractivity contribution in [2.24, 2.45) is 0 Å². The second-order valence-corrected chi connectivity index (χ2v) is 7.72. The third-order valence-electron chi connectivity index (χ3n) is 5.06. The van der Waals surface area contributed by atoms with Gasteiger partial charge in [-0.1, -0.05) is 37.2 Å². The predicted octanol–water partition coefficient (Wildman–Crippen LogP) is 4.30. The molecule has 0 radical (unpaired) electrons. The summed E-state index contributed by atoms with van der Waals surface area (Å²) in [4.78, 5) is 18.8. The molecule has 8 heteroatoms. The molecule has 170 valence electrons. The fraction of sp³-hybridized carbons (Fsp3) is 0.375. The van der Waals surface area contributed by atoms with Crippen LogP contribution >= 0.6 is 0 Å². The Kier molecular flexibility index (Phi) is 7.35. The van der Waals surface area contributed by atoms with Gasteiger partial charge in [-0.25, -0.2) is 0 Å². The summed E-state index contributed by atoms with van der Waals surface area (Å²) in [5.74, 6) is 2.71. The highest BCUT2D eigenvalue weighted by atomic mass is 16.5. The van der Waals surface area contributed by atoms with E-state index in [4.69, 9.17) is 18.7 Å². The monoisotopic (exact) mass is 439 g/mol. The predicted molar refractivity (Wildman–Crippen MR) is 120 cm³/mol. The molecule has 1 atom stereocenters. The number of hydrogen-bond donors (Lipinski definition) is 0. The van der Waals surface area contributed by atoms with Crippen LogP contribution in [0, 0.1) is 0 Å². The number of ether oxygens (including phenoxy) is 3. The lowest BCUT2D eigenvalue weighted by Crippen LogP contribution is -2.37. The molecule has 0 aliphatic carbocycles. The van der Waals surface area contributed by atoms with Gasteiger partial charge in [0.25, 0.3) is 5.91 Å². The maximum Gasteiger partial charge on any atom is 0.263 e. The maximum absolute atomic E-state index is 12.9. The molecular weight excluding hydrogens is 410 g/mol. The lowest BCUT2D eigenvalue weighted by molar-refractivity contribution is -0.137. The summed E-state index contributed by atoms with van der Waals surface area (Å²) in [6.45, 7) is 6.07. The molecule has 0 fully saturated rings. The van der Waals surface area contributed by atoms with Crippen LogP contribution in [0.4, 0.5) is 0 Å². The zero-order chi connectivity index (χ0) is 23.3. The first-order chi connectivity index (χ1) is 15.3. The molecule has 1 aromatic heterocycles. The highest BCUT2D eigenvalue weighted by molar-refractivity contribution is 5.80. The van der Waals surface area contributed by atoms with Crippen molar-refractivity contribution >= 4 is 5.91 Å². The van der Waals surface area contributed by atoms with Gasteiger partial charge in [0.15, 0.2) is 6.10 Å². The molecule has 32 heavy (non-hydrogen) atoms. The smallest absolute Gasteiger partial charge is 0.263 e. The molecular formula is C24H29N3O5. The van der Waals surface area contributed by atoms with E-state index in [0.29, 0.717) is 34.5 Å². The van der Waals surface area contributed by atoms with Gasteiger partial charge in [0.05, 0.1) is 26.3 Å². The Bertz CT molecular complexity index is 1060. The zero-order valence-corrected chi connectivity index (χ0v) is 19.3. The van der Waals surface area contributed by atoms with Gasteiger partial charge in [0.2, 0.25) is 11.7 Å². The standard InChI is InChI=1S/C24H29N3O5/c1-15(2)18-9-7-8-10-20(18)31-16(3)24(28)27(4)14-22-25-23(26-32-22)19-12-11-17(29-5)13-21(19)30-6/h7-13,15-16H,14H2,1-6H3. The number of likely N-dealkylation sites (N-methyl/N-ethyl adjacent to an activating group) is 1. The fourth-order valence-corrected chi connectivity index (χ4v) is 3.31. The molecule has 1 unspecified atom stereocenters. The van der Waals surface area contributed by atoms with Gasteiger partial charge in [0, 0.05) is 13.1 Å². The van der Waals surface area contributed by atoms with E-state index in [1.165, 1.54) is 4.90 Å². The van der Waals surface area contributed by atoms with Gasteiger partial charge in [0.1, 0.15) is 17.2 Å². The van der Waals surface area contributed by atoms with Crippen molar-refractivity contribution in [2.45, 2.75) is 39.3 Å².